The first-order chi connectivity index (χ1) is 14.6. The third kappa shape index (κ3) is 6.45. The molecule has 3 rings (SSSR count). The van der Waals surface area contributed by atoms with E-state index < -0.39 is 5.60 Å². The monoisotopic (exact) mass is 447 g/mol. The summed E-state index contributed by atoms with van der Waals surface area (Å²) in [5.41, 5.74) is 0.144. The molecule has 0 bridgehead atoms. The van der Waals surface area contributed by atoms with Crippen molar-refractivity contribution in [1.82, 2.24) is 15.3 Å². The number of hydrogen-bond donors (Lipinski definition) is 3. The number of aromatic nitrogens is 2. The van der Waals surface area contributed by atoms with Crippen molar-refractivity contribution in [3.63, 3.8) is 0 Å². The largest absolute Gasteiger partial charge is 0.489 e. The highest BCUT2D eigenvalue weighted by atomic mass is 35.5. The van der Waals surface area contributed by atoms with Crippen LogP contribution in [0.25, 0.3) is 0 Å². The van der Waals surface area contributed by atoms with E-state index in [-0.39, 0.29) is 18.1 Å². The van der Waals surface area contributed by atoms with Gasteiger partial charge in [0.25, 0.3) is 0 Å². The quantitative estimate of drug-likeness (QED) is 0.571. The van der Waals surface area contributed by atoms with E-state index in [1.807, 2.05) is 31.2 Å². The topological polar surface area (TPSA) is 99.6 Å². The number of carbonyl (C=O) groups is 1. The second-order valence-corrected chi connectivity index (χ2v) is 8.87. The summed E-state index contributed by atoms with van der Waals surface area (Å²) in [5.74, 6) is 1.88. The van der Waals surface area contributed by atoms with Gasteiger partial charge >= 0.3 is 0 Å². The van der Waals surface area contributed by atoms with Gasteiger partial charge in [0.15, 0.2) is 11.6 Å². The van der Waals surface area contributed by atoms with E-state index in [1.54, 1.807) is 13.8 Å². The Labute approximate surface area is 188 Å². The van der Waals surface area contributed by atoms with Gasteiger partial charge in [-0.1, -0.05) is 23.7 Å². The van der Waals surface area contributed by atoms with Gasteiger partial charge in [0, 0.05) is 26.4 Å². The zero-order valence-corrected chi connectivity index (χ0v) is 19.1. The highest BCUT2D eigenvalue weighted by Gasteiger charge is 2.28. The number of nitrogens with one attached hydrogen (secondary N) is 2. The molecule has 0 saturated carbocycles. The third-order valence-corrected chi connectivity index (χ3v) is 5.35. The Morgan fingerprint density at radius 1 is 1.35 bits per heavy atom. The number of hydrogen-bond acceptors (Lipinski definition) is 7. The minimum absolute atomic E-state index is 0.0115. The summed E-state index contributed by atoms with van der Waals surface area (Å²) in [5, 5.41) is 16.3. The summed E-state index contributed by atoms with van der Waals surface area (Å²) in [6.45, 7) is 8.64. The number of halogens is 1. The van der Waals surface area contributed by atoms with Crippen LogP contribution in [-0.2, 0) is 4.79 Å². The molecule has 8 nitrogen and oxygen atoms in total. The molecule has 0 radical (unpaired) electrons. The number of nitrogens with zero attached hydrogens (tertiary/aromatic N) is 3. The van der Waals surface area contributed by atoms with Gasteiger partial charge in [-0.25, -0.2) is 9.97 Å². The van der Waals surface area contributed by atoms with Gasteiger partial charge in [-0.05, 0) is 38.5 Å². The van der Waals surface area contributed by atoms with E-state index in [2.05, 4.69) is 25.5 Å². The number of ether oxygens (including phenoxy) is 1. The van der Waals surface area contributed by atoms with E-state index >= 15 is 0 Å². The summed E-state index contributed by atoms with van der Waals surface area (Å²) in [7, 11) is 0. The van der Waals surface area contributed by atoms with Gasteiger partial charge < -0.3 is 25.4 Å². The maximum atomic E-state index is 11.2. The van der Waals surface area contributed by atoms with E-state index in [0.717, 1.165) is 24.3 Å². The Balaban J connectivity index is 1.60. The number of rotatable bonds is 8. The van der Waals surface area contributed by atoms with Crippen molar-refractivity contribution < 1.29 is 14.6 Å². The molecule has 2 atom stereocenters. The SMILES string of the molecule is CC(=O)N[C@@H](C)c1ccc(O[C@@H]2CCN(c3ncnc(NCC(C)(C)O)c3Cl)C2)cc1. The lowest BCUT2D eigenvalue weighted by atomic mass is 10.1. The number of anilines is 2. The smallest absolute Gasteiger partial charge is 0.217 e. The average molecular weight is 448 g/mol. The molecule has 31 heavy (non-hydrogen) atoms. The lowest BCUT2D eigenvalue weighted by molar-refractivity contribution is -0.119. The number of benzene rings is 1. The molecular weight excluding hydrogens is 418 g/mol. The fourth-order valence-corrected chi connectivity index (χ4v) is 3.72. The van der Waals surface area contributed by atoms with Crippen LogP contribution in [0.3, 0.4) is 0 Å². The molecule has 9 heteroatoms. The van der Waals surface area contributed by atoms with Crippen LogP contribution in [0.5, 0.6) is 5.75 Å². The summed E-state index contributed by atoms with van der Waals surface area (Å²) in [6.07, 6.45) is 2.32. The summed E-state index contributed by atoms with van der Waals surface area (Å²) < 4.78 is 6.14. The Bertz CT molecular complexity index is 901. The molecule has 0 unspecified atom stereocenters. The number of amides is 1. The predicted octanol–water partition coefficient (Wildman–Crippen LogP) is 3.17. The van der Waals surface area contributed by atoms with Crippen LogP contribution >= 0.6 is 11.6 Å². The molecule has 1 saturated heterocycles. The predicted molar refractivity (Wildman–Crippen MR) is 122 cm³/mol. The number of aliphatic hydroxyl groups is 1. The minimum Gasteiger partial charge on any atom is -0.489 e. The molecule has 1 aromatic heterocycles. The molecule has 1 aliphatic rings. The van der Waals surface area contributed by atoms with Crippen molar-refractivity contribution in [2.75, 3.05) is 29.9 Å². The molecule has 168 valence electrons. The lowest BCUT2D eigenvalue weighted by Gasteiger charge is -2.22. The Hall–Kier alpha value is -2.58. The molecule has 1 aromatic carbocycles. The average Bonchev–Trinajstić information content (AvgIpc) is 3.14. The van der Waals surface area contributed by atoms with E-state index in [9.17, 15) is 9.90 Å². The van der Waals surface area contributed by atoms with Crippen LogP contribution in [0.4, 0.5) is 11.6 Å². The molecule has 0 spiro atoms. The fraction of sp³-hybridized carbons (Fsp3) is 0.500. The van der Waals surface area contributed by atoms with Gasteiger partial charge in [0.2, 0.25) is 5.91 Å². The first kappa shape index (κ1) is 23.1. The zero-order chi connectivity index (χ0) is 22.6. The van der Waals surface area contributed by atoms with Gasteiger partial charge in [-0.2, -0.15) is 0 Å². The fourth-order valence-electron chi connectivity index (χ4n) is 3.44. The van der Waals surface area contributed by atoms with Crippen molar-refractivity contribution in [2.45, 2.75) is 51.9 Å². The first-order valence-electron chi connectivity index (χ1n) is 10.4. The van der Waals surface area contributed by atoms with Crippen molar-refractivity contribution in [3.8, 4) is 5.75 Å². The Morgan fingerprint density at radius 3 is 2.71 bits per heavy atom. The second-order valence-electron chi connectivity index (χ2n) is 8.49. The van der Waals surface area contributed by atoms with Crippen LogP contribution in [0.1, 0.15) is 45.7 Å². The second kappa shape index (κ2) is 9.70. The van der Waals surface area contributed by atoms with Crippen LogP contribution in [0.2, 0.25) is 5.02 Å². The third-order valence-electron chi connectivity index (χ3n) is 5.01. The Morgan fingerprint density at radius 2 is 2.06 bits per heavy atom. The highest BCUT2D eigenvalue weighted by Crippen LogP contribution is 2.32. The Kier molecular flexibility index (Phi) is 7.23. The number of carbonyl (C=O) groups excluding carboxylic acids is 1. The van der Waals surface area contributed by atoms with Crippen molar-refractivity contribution in [1.29, 1.82) is 0 Å². The van der Waals surface area contributed by atoms with Crippen molar-refractivity contribution in [3.05, 3.63) is 41.2 Å². The van der Waals surface area contributed by atoms with Gasteiger partial charge in [0.1, 0.15) is 23.2 Å². The standard InChI is InChI=1S/C22H30ClN5O3/c1-14(27-15(2)29)16-5-7-17(8-6-16)31-18-9-10-28(11-18)21-19(23)20(25-13-26-21)24-12-22(3,4)30/h5-8,13-14,18,30H,9-12H2,1-4H3,(H,27,29)(H,24,25,26)/t14-,18+/m0/s1. The summed E-state index contributed by atoms with van der Waals surface area (Å²) in [6, 6.07) is 7.72. The maximum absolute atomic E-state index is 11.2. The molecule has 1 aliphatic heterocycles. The zero-order valence-electron chi connectivity index (χ0n) is 18.4. The minimum atomic E-state index is -0.878. The highest BCUT2D eigenvalue weighted by molar-refractivity contribution is 6.35. The normalized spacial score (nSPS) is 17.4. The molecule has 2 heterocycles. The van der Waals surface area contributed by atoms with Gasteiger partial charge in [-0.3, -0.25) is 4.79 Å². The summed E-state index contributed by atoms with van der Waals surface area (Å²) in [4.78, 5) is 21.8. The molecule has 0 aliphatic carbocycles. The molecule has 2 aromatic rings. The van der Waals surface area contributed by atoms with Crippen LogP contribution in [0.15, 0.2) is 30.6 Å². The van der Waals surface area contributed by atoms with Crippen LogP contribution in [0, 0.1) is 0 Å². The lowest BCUT2D eigenvalue weighted by Crippen LogP contribution is -2.30. The molecule has 3 N–H and O–H groups in total. The molecular formula is C22H30ClN5O3. The first-order valence-corrected chi connectivity index (χ1v) is 10.8. The van der Waals surface area contributed by atoms with Gasteiger partial charge in [0.05, 0.1) is 18.2 Å². The van der Waals surface area contributed by atoms with E-state index in [0.29, 0.717) is 29.7 Å². The van der Waals surface area contributed by atoms with E-state index in [1.165, 1.54) is 13.3 Å². The molecule has 1 amide bonds. The van der Waals surface area contributed by atoms with Crippen molar-refractivity contribution >= 4 is 29.1 Å². The van der Waals surface area contributed by atoms with Crippen molar-refractivity contribution in [2.24, 2.45) is 0 Å². The van der Waals surface area contributed by atoms with E-state index in [4.69, 9.17) is 16.3 Å². The van der Waals surface area contributed by atoms with Gasteiger partial charge in [-0.15, -0.1) is 0 Å². The maximum Gasteiger partial charge on any atom is 0.217 e. The molecule has 1 fully saturated rings. The van der Waals surface area contributed by atoms with Crippen LogP contribution in [-0.4, -0.2) is 52.3 Å². The summed E-state index contributed by atoms with van der Waals surface area (Å²) >= 11 is 6.53. The van der Waals surface area contributed by atoms with Crippen LogP contribution < -0.4 is 20.3 Å².